The van der Waals surface area contributed by atoms with Gasteiger partial charge in [-0.3, -0.25) is 4.79 Å². The van der Waals surface area contributed by atoms with Crippen LogP contribution in [0, 0.1) is 13.8 Å². The molecule has 0 bridgehead atoms. The number of anilines is 3. The Hall–Kier alpha value is -2.36. The van der Waals surface area contributed by atoms with E-state index in [9.17, 15) is 4.79 Å². The molecule has 2 aromatic rings. The van der Waals surface area contributed by atoms with Crippen LogP contribution in [0.1, 0.15) is 24.5 Å². The van der Waals surface area contributed by atoms with Crippen molar-refractivity contribution in [2.45, 2.75) is 27.2 Å². The molecule has 0 aliphatic carbocycles. The quantitative estimate of drug-likeness (QED) is 0.820. The van der Waals surface area contributed by atoms with Crippen molar-refractivity contribution in [3.05, 3.63) is 47.7 Å². The second-order valence-corrected chi connectivity index (χ2v) is 5.09. The molecule has 4 nitrogen and oxygen atoms in total. The molecule has 0 radical (unpaired) electrons. The van der Waals surface area contributed by atoms with Crippen LogP contribution < -0.4 is 10.2 Å². The number of hydrogen-bond donors (Lipinski definition) is 1. The molecule has 2 rings (SSSR count). The predicted molar refractivity (Wildman–Crippen MR) is 87.1 cm³/mol. The van der Waals surface area contributed by atoms with Crippen LogP contribution >= 0.6 is 0 Å². The summed E-state index contributed by atoms with van der Waals surface area (Å²) in [5.41, 5.74) is 4.14. The van der Waals surface area contributed by atoms with Crippen molar-refractivity contribution in [2.24, 2.45) is 0 Å². The van der Waals surface area contributed by atoms with Crippen molar-refractivity contribution in [3.8, 4) is 0 Å². The summed E-state index contributed by atoms with van der Waals surface area (Å²) in [5.74, 6) is 0.768. The van der Waals surface area contributed by atoms with Gasteiger partial charge in [0.2, 0.25) is 6.41 Å². The van der Waals surface area contributed by atoms with E-state index in [0.29, 0.717) is 6.54 Å². The molecule has 0 aliphatic heterocycles. The molecule has 1 heterocycles. The van der Waals surface area contributed by atoms with E-state index >= 15 is 0 Å². The van der Waals surface area contributed by atoms with Gasteiger partial charge in [0, 0.05) is 12.7 Å². The lowest BCUT2D eigenvalue weighted by Crippen LogP contribution is -2.23. The van der Waals surface area contributed by atoms with Crippen LogP contribution in [0.5, 0.6) is 0 Å². The van der Waals surface area contributed by atoms with Gasteiger partial charge >= 0.3 is 0 Å². The van der Waals surface area contributed by atoms with Gasteiger partial charge in [0.1, 0.15) is 5.82 Å². The number of aryl methyl sites for hydroxylation is 2. The number of benzene rings is 1. The fourth-order valence-corrected chi connectivity index (χ4v) is 2.18. The fraction of sp³-hybridized carbons (Fsp3) is 0.294. The van der Waals surface area contributed by atoms with E-state index in [2.05, 4.69) is 37.1 Å². The van der Waals surface area contributed by atoms with Crippen molar-refractivity contribution < 1.29 is 4.79 Å². The highest BCUT2D eigenvalue weighted by atomic mass is 16.1. The molecule has 21 heavy (non-hydrogen) atoms. The first-order chi connectivity index (χ1) is 10.2. The number of hydrogen-bond acceptors (Lipinski definition) is 3. The SMILES string of the molecule is CCCN(C=O)c1cc(C)c(C)cc1Nc1ccccn1. The molecule has 0 saturated carbocycles. The molecule has 1 aromatic carbocycles. The zero-order chi connectivity index (χ0) is 15.2. The first-order valence-corrected chi connectivity index (χ1v) is 7.17. The highest BCUT2D eigenvalue weighted by Gasteiger charge is 2.12. The zero-order valence-corrected chi connectivity index (χ0v) is 12.8. The largest absolute Gasteiger partial charge is 0.339 e. The molecule has 1 amide bonds. The Balaban J connectivity index is 2.42. The van der Waals surface area contributed by atoms with Crippen molar-refractivity contribution in [1.82, 2.24) is 4.98 Å². The summed E-state index contributed by atoms with van der Waals surface area (Å²) in [6, 6.07) is 9.82. The molecule has 110 valence electrons. The van der Waals surface area contributed by atoms with Gasteiger partial charge in [-0.15, -0.1) is 0 Å². The lowest BCUT2D eigenvalue weighted by Gasteiger charge is -2.22. The molecule has 0 unspecified atom stereocenters. The summed E-state index contributed by atoms with van der Waals surface area (Å²) in [5, 5.41) is 3.30. The highest BCUT2D eigenvalue weighted by molar-refractivity contribution is 5.86. The summed E-state index contributed by atoms with van der Waals surface area (Å²) < 4.78 is 0. The van der Waals surface area contributed by atoms with Gasteiger partial charge in [-0.25, -0.2) is 4.98 Å². The van der Waals surface area contributed by atoms with Gasteiger partial charge in [-0.05, 0) is 55.7 Å². The fourth-order valence-electron chi connectivity index (χ4n) is 2.18. The van der Waals surface area contributed by atoms with Crippen molar-refractivity contribution in [3.63, 3.8) is 0 Å². The molecule has 0 spiro atoms. The summed E-state index contributed by atoms with van der Waals surface area (Å²) in [6.45, 7) is 6.87. The van der Waals surface area contributed by atoms with Gasteiger partial charge in [0.25, 0.3) is 0 Å². The Morgan fingerprint density at radius 3 is 2.62 bits per heavy atom. The van der Waals surface area contributed by atoms with E-state index in [-0.39, 0.29) is 0 Å². The molecule has 1 aromatic heterocycles. The number of carbonyl (C=O) groups excluding carboxylic acids is 1. The highest BCUT2D eigenvalue weighted by Crippen LogP contribution is 2.31. The van der Waals surface area contributed by atoms with Gasteiger partial charge < -0.3 is 10.2 Å². The Labute approximate surface area is 125 Å². The van der Waals surface area contributed by atoms with Crippen molar-refractivity contribution in [2.75, 3.05) is 16.8 Å². The Bertz CT molecular complexity index is 611. The lowest BCUT2D eigenvalue weighted by atomic mass is 10.1. The standard InChI is InChI=1S/C17H21N3O/c1-4-9-20(12-21)16-11-14(3)13(2)10-15(16)19-17-7-5-6-8-18-17/h5-8,10-12H,4,9H2,1-3H3,(H,18,19). The van der Waals surface area contributed by atoms with E-state index in [0.717, 1.165) is 30.0 Å². The van der Waals surface area contributed by atoms with Crippen molar-refractivity contribution in [1.29, 1.82) is 0 Å². The third-order valence-electron chi connectivity index (χ3n) is 3.44. The minimum Gasteiger partial charge on any atom is -0.339 e. The molecule has 1 N–H and O–H groups in total. The summed E-state index contributed by atoms with van der Waals surface area (Å²) >= 11 is 0. The maximum Gasteiger partial charge on any atom is 0.214 e. The van der Waals surface area contributed by atoms with Crippen LogP contribution in [-0.4, -0.2) is 17.9 Å². The van der Waals surface area contributed by atoms with Crippen molar-refractivity contribution >= 4 is 23.6 Å². The summed E-state index contributed by atoms with van der Waals surface area (Å²) in [4.78, 5) is 17.4. The van der Waals surface area contributed by atoms with E-state index in [1.54, 1.807) is 11.1 Å². The molecule has 4 heteroatoms. The monoisotopic (exact) mass is 283 g/mol. The number of nitrogens with one attached hydrogen (secondary N) is 1. The van der Waals surface area contributed by atoms with E-state index in [4.69, 9.17) is 0 Å². The first kappa shape index (κ1) is 15.0. The minimum atomic E-state index is 0.697. The van der Waals surface area contributed by atoms with Crippen LogP contribution in [0.15, 0.2) is 36.5 Å². The number of carbonyl (C=O) groups is 1. The Morgan fingerprint density at radius 2 is 2.00 bits per heavy atom. The van der Waals surface area contributed by atoms with Crippen LogP contribution in [0.4, 0.5) is 17.2 Å². The number of pyridine rings is 1. The van der Waals surface area contributed by atoms with Gasteiger partial charge in [0.05, 0.1) is 11.4 Å². The first-order valence-electron chi connectivity index (χ1n) is 7.17. The normalized spacial score (nSPS) is 10.2. The number of amides is 1. The maximum atomic E-state index is 11.4. The predicted octanol–water partition coefficient (Wildman–Crippen LogP) is 3.81. The molecular weight excluding hydrogens is 262 g/mol. The second kappa shape index (κ2) is 6.88. The van der Waals surface area contributed by atoms with Crippen LogP contribution in [0.2, 0.25) is 0 Å². The van der Waals surface area contributed by atoms with Gasteiger partial charge in [0.15, 0.2) is 0 Å². The number of nitrogens with zero attached hydrogens (tertiary/aromatic N) is 2. The number of aromatic nitrogens is 1. The third kappa shape index (κ3) is 3.60. The second-order valence-electron chi connectivity index (χ2n) is 5.09. The smallest absolute Gasteiger partial charge is 0.214 e. The van der Waals surface area contributed by atoms with Crippen LogP contribution in [0.25, 0.3) is 0 Å². The van der Waals surface area contributed by atoms with Crippen LogP contribution in [-0.2, 0) is 4.79 Å². The average Bonchev–Trinajstić information content (AvgIpc) is 2.49. The van der Waals surface area contributed by atoms with E-state index < -0.39 is 0 Å². The molecular formula is C17H21N3O. The molecule has 0 aliphatic rings. The minimum absolute atomic E-state index is 0.697. The lowest BCUT2D eigenvalue weighted by molar-refractivity contribution is -0.107. The number of rotatable bonds is 6. The molecule has 0 atom stereocenters. The van der Waals surface area contributed by atoms with Gasteiger partial charge in [-0.1, -0.05) is 13.0 Å². The van der Waals surface area contributed by atoms with Gasteiger partial charge in [-0.2, -0.15) is 0 Å². The van der Waals surface area contributed by atoms with Crippen LogP contribution in [0.3, 0.4) is 0 Å². The van der Waals surface area contributed by atoms with E-state index in [1.807, 2.05) is 24.3 Å². The average molecular weight is 283 g/mol. The zero-order valence-electron chi connectivity index (χ0n) is 12.8. The third-order valence-corrected chi connectivity index (χ3v) is 3.44. The molecule has 0 saturated heterocycles. The maximum absolute atomic E-state index is 11.4. The summed E-state index contributed by atoms with van der Waals surface area (Å²) in [7, 11) is 0. The Morgan fingerprint density at radius 1 is 1.24 bits per heavy atom. The topological polar surface area (TPSA) is 45.2 Å². The molecule has 0 fully saturated rings. The Kier molecular flexibility index (Phi) is 4.93. The van der Waals surface area contributed by atoms with E-state index in [1.165, 1.54) is 11.1 Å². The summed E-state index contributed by atoms with van der Waals surface area (Å²) in [6.07, 6.45) is 3.54.